The summed E-state index contributed by atoms with van der Waals surface area (Å²) in [7, 11) is 0. The van der Waals surface area contributed by atoms with Crippen molar-refractivity contribution in [1.29, 1.82) is 5.41 Å². The fraction of sp³-hybridized carbons (Fsp3) is 0.259. The van der Waals surface area contributed by atoms with Gasteiger partial charge in [-0.1, -0.05) is 29.3 Å². The minimum atomic E-state index is 0.375. The average Bonchev–Trinajstić information content (AvgIpc) is 3.38. The second kappa shape index (κ2) is 10.8. The van der Waals surface area contributed by atoms with Gasteiger partial charge in [0.15, 0.2) is 0 Å². The molecule has 9 heteroatoms. The summed E-state index contributed by atoms with van der Waals surface area (Å²) in [5, 5.41) is 20.8. The minimum absolute atomic E-state index is 0.375. The van der Waals surface area contributed by atoms with Crippen molar-refractivity contribution in [3.05, 3.63) is 69.7 Å². The van der Waals surface area contributed by atoms with E-state index in [2.05, 4.69) is 20.4 Å². The number of anilines is 2. The lowest BCUT2D eigenvalue weighted by atomic mass is 10.0. The molecule has 7 nitrogen and oxygen atoms in total. The van der Waals surface area contributed by atoms with E-state index in [1.54, 1.807) is 0 Å². The fourth-order valence-electron chi connectivity index (χ4n) is 4.46. The molecule has 36 heavy (non-hydrogen) atoms. The number of hydrogen-bond acceptors (Lipinski definition) is 7. The molecule has 3 aromatic carbocycles. The number of ether oxygens (including phenoxy) is 1. The summed E-state index contributed by atoms with van der Waals surface area (Å²) in [6.45, 7) is 5.69. The van der Waals surface area contributed by atoms with E-state index in [9.17, 15) is 0 Å². The monoisotopic (exact) mass is 520 g/mol. The molecule has 1 aromatic heterocycles. The van der Waals surface area contributed by atoms with Gasteiger partial charge in [-0.2, -0.15) is 0 Å². The Morgan fingerprint density at radius 3 is 2.58 bits per heavy atom. The number of aryl methyl sites for hydroxylation is 1. The first-order chi connectivity index (χ1) is 17.5. The lowest BCUT2D eigenvalue weighted by Crippen LogP contribution is -2.25. The molecular weight excluding hydrogens is 495 g/mol. The summed E-state index contributed by atoms with van der Waals surface area (Å²) >= 11 is 12.8. The minimum Gasteiger partial charge on any atom is -0.491 e. The molecule has 0 amide bonds. The van der Waals surface area contributed by atoms with Crippen LogP contribution in [-0.4, -0.2) is 52.5 Å². The summed E-state index contributed by atoms with van der Waals surface area (Å²) in [6, 6.07) is 14.9. The molecule has 0 aliphatic carbocycles. The van der Waals surface area contributed by atoms with Crippen LogP contribution < -0.4 is 10.1 Å². The van der Waals surface area contributed by atoms with Gasteiger partial charge in [0.2, 0.25) is 5.95 Å². The van der Waals surface area contributed by atoms with Gasteiger partial charge in [0.1, 0.15) is 17.9 Å². The molecule has 0 atom stereocenters. The molecule has 2 N–H and O–H groups in total. The molecule has 1 fully saturated rings. The largest absolute Gasteiger partial charge is 0.491 e. The summed E-state index contributed by atoms with van der Waals surface area (Å²) in [6.07, 6.45) is 3.80. The second-order valence-electron chi connectivity index (χ2n) is 8.81. The molecule has 0 saturated carbocycles. The third kappa shape index (κ3) is 5.28. The predicted molar refractivity (Wildman–Crippen MR) is 146 cm³/mol. The third-order valence-corrected chi connectivity index (χ3v) is 6.92. The van der Waals surface area contributed by atoms with E-state index in [0.29, 0.717) is 33.9 Å². The Morgan fingerprint density at radius 2 is 1.83 bits per heavy atom. The molecular formula is C27H26Cl2N6O. The number of halogens is 2. The SMILES string of the molecule is Cc1cc(-c2c(Cl)cccc2Cl)cc2nnc(Nc3ccc(C=N)c(OCCN4CCCC4)c3)nc12. The Bertz CT molecular complexity index is 1400. The molecule has 0 bridgehead atoms. The lowest BCUT2D eigenvalue weighted by molar-refractivity contribution is 0.237. The van der Waals surface area contributed by atoms with Gasteiger partial charge in [0, 0.05) is 45.7 Å². The van der Waals surface area contributed by atoms with Crippen LogP contribution in [0.5, 0.6) is 5.75 Å². The van der Waals surface area contributed by atoms with E-state index >= 15 is 0 Å². The van der Waals surface area contributed by atoms with Crippen molar-refractivity contribution >= 4 is 52.1 Å². The van der Waals surface area contributed by atoms with Gasteiger partial charge in [0.25, 0.3) is 0 Å². The highest BCUT2D eigenvalue weighted by atomic mass is 35.5. The number of likely N-dealkylation sites (tertiary alicyclic amines) is 1. The maximum Gasteiger partial charge on any atom is 0.247 e. The molecule has 0 unspecified atom stereocenters. The first-order valence-electron chi connectivity index (χ1n) is 11.9. The van der Waals surface area contributed by atoms with Crippen LogP contribution in [0, 0.1) is 12.3 Å². The van der Waals surface area contributed by atoms with Crippen LogP contribution in [0.3, 0.4) is 0 Å². The van der Waals surface area contributed by atoms with Gasteiger partial charge in [-0.15, -0.1) is 10.2 Å². The van der Waals surface area contributed by atoms with Gasteiger partial charge >= 0.3 is 0 Å². The van der Waals surface area contributed by atoms with E-state index in [1.165, 1.54) is 19.1 Å². The van der Waals surface area contributed by atoms with Crippen LogP contribution in [0.2, 0.25) is 10.0 Å². The Hall–Kier alpha value is -3.26. The van der Waals surface area contributed by atoms with Crippen LogP contribution in [0.25, 0.3) is 22.2 Å². The van der Waals surface area contributed by atoms with Crippen LogP contribution in [0.4, 0.5) is 11.6 Å². The fourth-order valence-corrected chi connectivity index (χ4v) is 5.08. The highest BCUT2D eigenvalue weighted by Crippen LogP contribution is 2.36. The molecule has 1 aliphatic rings. The first-order valence-corrected chi connectivity index (χ1v) is 12.6. The van der Waals surface area contributed by atoms with E-state index < -0.39 is 0 Å². The molecule has 2 heterocycles. The van der Waals surface area contributed by atoms with Crippen LogP contribution in [-0.2, 0) is 0 Å². The second-order valence-corrected chi connectivity index (χ2v) is 9.63. The number of benzene rings is 3. The van der Waals surface area contributed by atoms with Gasteiger partial charge in [-0.05, 0) is 80.4 Å². The number of fused-ring (bicyclic) bond motifs is 1. The Kier molecular flexibility index (Phi) is 7.32. The first kappa shape index (κ1) is 24.4. The summed E-state index contributed by atoms with van der Waals surface area (Å²) in [4.78, 5) is 7.09. The third-order valence-electron chi connectivity index (χ3n) is 6.29. The van der Waals surface area contributed by atoms with Gasteiger partial charge < -0.3 is 15.5 Å². The maximum absolute atomic E-state index is 7.71. The van der Waals surface area contributed by atoms with E-state index in [4.69, 9.17) is 38.3 Å². The van der Waals surface area contributed by atoms with Crippen molar-refractivity contribution in [2.24, 2.45) is 0 Å². The van der Waals surface area contributed by atoms with Gasteiger partial charge in [0.05, 0.1) is 5.52 Å². The Labute approximate surface area is 219 Å². The molecule has 1 saturated heterocycles. The number of aromatic nitrogens is 3. The molecule has 5 rings (SSSR count). The zero-order valence-corrected chi connectivity index (χ0v) is 21.4. The average molecular weight is 521 g/mol. The lowest BCUT2D eigenvalue weighted by Gasteiger charge is -2.16. The zero-order valence-electron chi connectivity index (χ0n) is 19.9. The van der Waals surface area contributed by atoms with Crippen molar-refractivity contribution < 1.29 is 4.74 Å². The van der Waals surface area contributed by atoms with E-state index in [-0.39, 0.29) is 0 Å². The van der Waals surface area contributed by atoms with Crippen molar-refractivity contribution in [3.63, 3.8) is 0 Å². The summed E-state index contributed by atoms with van der Waals surface area (Å²) in [5.41, 5.74) is 5.43. The Morgan fingerprint density at radius 1 is 1.06 bits per heavy atom. The highest BCUT2D eigenvalue weighted by Gasteiger charge is 2.14. The standard InChI is InChI=1S/C27H26Cl2N6O/c1-17-13-19(25-21(28)5-4-6-22(25)29)14-23-26(17)32-27(34-33-23)31-20-8-7-18(16-30)24(15-20)36-12-11-35-9-2-3-10-35/h4-8,13-16,30H,2-3,9-12H2,1H3,(H,31,32,34). The Balaban J connectivity index is 1.37. The summed E-state index contributed by atoms with van der Waals surface area (Å²) in [5.74, 6) is 1.03. The predicted octanol–water partition coefficient (Wildman–Crippen LogP) is 6.52. The zero-order chi connectivity index (χ0) is 25.1. The van der Waals surface area contributed by atoms with E-state index in [1.807, 2.05) is 55.5 Å². The van der Waals surface area contributed by atoms with Crippen molar-refractivity contribution in [3.8, 4) is 16.9 Å². The number of nitrogens with one attached hydrogen (secondary N) is 2. The smallest absolute Gasteiger partial charge is 0.247 e. The molecule has 0 radical (unpaired) electrons. The quantitative estimate of drug-likeness (QED) is 0.257. The molecule has 184 valence electrons. The molecule has 4 aromatic rings. The normalized spacial score (nSPS) is 13.8. The van der Waals surface area contributed by atoms with Crippen LogP contribution >= 0.6 is 23.2 Å². The molecule has 1 aliphatic heterocycles. The topological polar surface area (TPSA) is 87.0 Å². The van der Waals surface area contributed by atoms with Crippen molar-refractivity contribution in [1.82, 2.24) is 20.1 Å². The van der Waals surface area contributed by atoms with Gasteiger partial charge in [-0.25, -0.2) is 4.98 Å². The van der Waals surface area contributed by atoms with Crippen LogP contribution in [0.15, 0.2) is 48.5 Å². The highest BCUT2D eigenvalue weighted by molar-refractivity contribution is 6.39. The van der Waals surface area contributed by atoms with Crippen molar-refractivity contribution in [2.75, 3.05) is 31.6 Å². The number of nitrogens with zero attached hydrogens (tertiary/aromatic N) is 4. The van der Waals surface area contributed by atoms with Crippen molar-refractivity contribution in [2.45, 2.75) is 19.8 Å². The van der Waals surface area contributed by atoms with Crippen LogP contribution in [0.1, 0.15) is 24.0 Å². The number of rotatable bonds is 8. The van der Waals surface area contributed by atoms with Gasteiger partial charge in [-0.3, -0.25) is 4.90 Å². The number of hydrogen-bond donors (Lipinski definition) is 2. The van der Waals surface area contributed by atoms with E-state index in [0.717, 1.165) is 53.1 Å². The molecule has 0 spiro atoms. The maximum atomic E-state index is 7.71. The summed E-state index contributed by atoms with van der Waals surface area (Å²) < 4.78 is 6.02.